The van der Waals surface area contributed by atoms with Crippen LogP contribution in [-0.2, 0) is 0 Å². The smallest absolute Gasteiger partial charge is 0.125 e. The van der Waals surface area contributed by atoms with Crippen LogP contribution in [0.25, 0.3) is 0 Å². The Balaban J connectivity index is 2.29. The second-order valence-corrected chi connectivity index (χ2v) is 4.59. The average molecular weight is 265 g/mol. The van der Waals surface area contributed by atoms with Crippen molar-refractivity contribution >= 4 is 0 Å². The summed E-state index contributed by atoms with van der Waals surface area (Å²) in [6.45, 7) is 4.08. The molecule has 5 heteroatoms. The molecule has 0 aliphatic carbocycles. The van der Waals surface area contributed by atoms with Crippen LogP contribution in [0.4, 0.5) is 0 Å². The van der Waals surface area contributed by atoms with Gasteiger partial charge in [-0.1, -0.05) is 0 Å². The van der Waals surface area contributed by atoms with Gasteiger partial charge in [0.25, 0.3) is 0 Å². The molecule has 1 aromatic rings. The molecular weight excluding hydrogens is 242 g/mol. The first-order valence-electron chi connectivity index (χ1n) is 6.64. The van der Waals surface area contributed by atoms with Crippen molar-refractivity contribution in [2.75, 3.05) is 47.4 Å². The van der Waals surface area contributed by atoms with Gasteiger partial charge in [-0.15, -0.1) is 0 Å². The number of nitrogens with one attached hydrogen (secondary N) is 2. The van der Waals surface area contributed by atoms with E-state index in [4.69, 9.17) is 9.47 Å². The Morgan fingerprint density at radius 3 is 2.53 bits per heavy atom. The highest BCUT2D eigenvalue weighted by Crippen LogP contribution is 2.31. The Kier molecular flexibility index (Phi) is 5.01. The molecule has 1 atom stereocenters. The van der Waals surface area contributed by atoms with Crippen LogP contribution in [-0.4, -0.2) is 52.3 Å². The van der Waals surface area contributed by atoms with E-state index in [2.05, 4.69) is 15.5 Å². The van der Waals surface area contributed by atoms with E-state index in [0.717, 1.165) is 43.2 Å². The number of ether oxygens (including phenoxy) is 2. The molecule has 1 fully saturated rings. The van der Waals surface area contributed by atoms with Crippen molar-refractivity contribution in [2.24, 2.45) is 0 Å². The maximum absolute atomic E-state index is 5.48. The van der Waals surface area contributed by atoms with E-state index < -0.39 is 0 Å². The molecule has 1 aliphatic heterocycles. The summed E-state index contributed by atoms with van der Waals surface area (Å²) in [4.78, 5) is 2.41. The fraction of sp³-hybridized carbons (Fsp3) is 0.571. The predicted octanol–water partition coefficient (Wildman–Crippen LogP) is 0.827. The van der Waals surface area contributed by atoms with Crippen LogP contribution in [0, 0.1) is 0 Å². The van der Waals surface area contributed by atoms with Gasteiger partial charge in [-0.3, -0.25) is 4.90 Å². The Morgan fingerprint density at radius 2 is 1.95 bits per heavy atom. The van der Waals surface area contributed by atoms with Gasteiger partial charge in [-0.25, -0.2) is 0 Å². The van der Waals surface area contributed by atoms with Crippen molar-refractivity contribution in [2.45, 2.75) is 6.17 Å². The van der Waals surface area contributed by atoms with Crippen LogP contribution in [0.1, 0.15) is 11.7 Å². The standard InChI is InChI=1S/C14H23N3O2/c1-15-14(17-8-6-16-7-9-17)12-10-11(18-2)4-5-13(12)19-3/h4-5,10,14-16H,6-9H2,1-3H3. The van der Waals surface area contributed by atoms with Crippen molar-refractivity contribution in [3.05, 3.63) is 23.8 Å². The highest BCUT2D eigenvalue weighted by atomic mass is 16.5. The fourth-order valence-electron chi connectivity index (χ4n) is 2.53. The van der Waals surface area contributed by atoms with Gasteiger partial charge >= 0.3 is 0 Å². The zero-order valence-electron chi connectivity index (χ0n) is 11.9. The summed E-state index contributed by atoms with van der Waals surface area (Å²) in [5.41, 5.74) is 1.12. The van der Waals surface area contributed by atoms with E-state index in [9.17, 15) is 0 Å². The van der Waals surface area contributed by atoms with Crippen LogP contribution in [0.15, 0.2) is 18.2 Å². The molecule has 0 radical (unpaired) electrons. The van der Waals surface area contributed by atoms with Gasteiger partial charge < -0.3 is 20.1 Å². The fourth-order valence-corrected chi connectivity index (χ4v) is 2.53. The van der Waals surface area contributed by atoms with Crippen molar-refractivity contribution in [1.29, 1.82) is 0 Å². The van der Waals surface area contributed by atoms with Crippen LogP contribution < -0.4 is 20.1 Å². The van der Waals surface area contributed by atoms with E-state index in [1.807, 2.05) is 25.2 Å². The van der Waals surface area contributed by atoms with E-state index in [-0.39, 0.29) is 6.17 Å². The third kappa shape index (κ3) is 3.18. The molecule has 1 saturated heterocycles. The summed E-state index contributed by atoms with van der Waals surface area (Å²) < 4.78 is 10.8. The van der Waals surface area contributed by atoms with Crippen molar-refractivity contribution in [3.8, 4) is 11.5 Å². The minimum absolute atomic E-state index is 0.146. The molecule has 5 nitrogen and oxygen atoms in total. The SMILES string of the molecule is CNC(c1cc(OC)ccc1OC)N1CCNCC1. The summed E-state index contributed by atoms with van der Waals surface area (Å²) in [5, 5.41) is 6.75. The molecular formula is C14H23N3O2. The third-order valence-electron chi connectivity index (χ3n) is 3.52. The number of methoxy groups -OCH3 is 2. The molecule has 1 unspecified atom stereocenters. The van der Waals surface area contributed by atoms with Gasteiger partial charge in [0.1, 0.15) is 11.5 Å². The molecule has 1 aliphatic rings. The number of piperazine rings is 1. The summed E-state index contributed by atoms with van der Waals surface area (Å²) in [5.74, 6) is 1.74. The Morgan fingerprint density at radius 1 is 1.21 bits per heavy atom. The summed E-state index contributed by atoms with van der Waals surface area (Å²) in [6, 6.07) is 5.93. The van der Waals surface area contributed by atoms with Crippen molar-refractivity contribution in [3.63, 3.8) is 0 Å². The molecule has 0 bridgehead atoms. The molecule has 0 aromatic heterocycles. The van der Waals surface area contributed by atoms with E-state index in [1.165, 1.54) is 0 Å². The third-order valence-corrected chi connectivity index (χ3v) is 3.52. The molecule has 2 N–H and O–H groups in total. The lowest BCUT2D eigenvalue weighted by Gasteiger charge is -2.35. The number of hydrogen-bond donors (Lipinski definition) is 2. The lowest BCUT2D eigenvalue weighted by atomic mass is 10.1. The Labute approximate surface area is 114 Å². The quantitative estimate of drug-likeness (QED) is 0.825. The monoisotopic (exact) mass is 265 g/mol. The molecule has 0 saturated carbocycles. The van der Waals surface area contributed by atoms with E-state index in [0.29, 0.717) is 0 Å². The summed E-state index contributed by atoms with van der Waals surface area (Å²) >= 11 is 0. The lowest BCUT2D eigenvalue weighted by molar-refractivity contribution is 0.150. The molecule has 0 spiro atoms. The maximum Gasteiger partial charge on any atom is 0.125 e. The number of hydrogen-bond acceptors (Lipinski definition) is 5. The normalized spacial score (nSPS) is 18.1. The van der Waals surface area contributed by atoms with Gasteiger partial charge in [0, 0.05) is 31.7 Å². The van der Waals surface area contributed by atoms with Crippen LogP contribution in [0.5, 0.6) is 11.5 Å². The molecule has 106 valence electrons. The van der Waals surface area contributed by atoms with Crippen LogP contribution in [0.2, 0.25) is 0 Å². The molecule has 0 amide bonds. The van der Waals surface area contributed by atoms with Crippen molar-refractivity contribution < 1.29 is 9.47 Å². The molecule has 19 heavy (non-hydrogen) atoms. The minimum atomic E-state index is 0.146. The highest BCUT2D eigenvalue weighted by Gasteiger charge is 2.23. The first kappa shape index (κ1) is 14.1. The first-order chi connectivity index (χ1) is 9.30. The second kappa shape index (κ2) is 6.75. The van der Waals surface area contributed by atoms with Gasteiger partial charge in [0.2, 0.25) is 0 Å². The van der Waals surface area contributed by atoms with Gasteiger partial charge in [0.05, 0.1) is 20.4 Å². The summed E-state index contributed by atoms with van der Waals surface area (Å²) in [6.07, 6.45) is 0.146. The minimum Gasteiger partial charge on any atom is -0.497 e. The Bertz CT molecular complexity index is 406. The van der Waals surface area contributed by atoms with Gasteiger partial charge in [-0.05, 0) is 25.2 Å². The maximum atomic E-state index is 5.48. The second-order valence-electron chi connectivity index (χ2n) is 4.59. The van der Waals surface area contributed by atoms with E-state index >= 15 is 0 Å². The first-order valence-corrected chi connectivity index (χ1v) is 6.64. The number of benzene rings is 1. The molecule has 2 rings (SSSR count). The van der Waals surface area contributed by atoms with Gasteiger partial charge in [0.15, 0.2) is 0 Å². The zero-order valence-corrected chi connectivity index (χ0v) is 11.9. The highest BCUT2D eigenvalue weighted by molar-refractivity contribution is 5.42. The molecule has 1 aromatic carbocycles. The number of rotatable bonds is 5. The number of nitrogens with zero attached hydrogens (tertiary/aromatic N) is 1. The van der Waals surface area contributed by atoms with E-state index in [1.54, 1.807) is 14.2 Å². The largest absolute Gasteiger partial charge is 0.497 e. The summed E-state index contributed by atoms with van der Waals surface area (Å²) in [7, 11) is 5.37. The zero-order chi connectivity index (χ0) is 13.7. The predicted molar refractivity (Wildman–Crippen MR) is 75.8 cm³/mol. The Hall–Kier alpha value is -1.30. The molecule has 1 heterocycles. The lowest BCUT2D eigenvalue weighted by Crippen LogP contribution is -2.48. The van der Waals surface area contributed by atoms with Crippen LogP contribution >= 0.6 is 0 Å². The average Bonchev–Trinajstić information content (AvgIpc) is 2.49. The van der Waals surface area contributed by atoms with Gasteiger partial charge in [-0.2, -0.15) is 0 Å². The van der Waals surface area contributed by atoms with Crippen LogP contribution in [0.3, 0.4) is 0 Å². The topological polar surface area (TPSA) is 45.8 Å². The van der Waals surface area contributed by atoms with Crippen molar-refractivity contribution in [1.82, 2.24) is 15.5 Å².